The Hall–Kier alpha value is -3.44. The molecule has 0 radical (unpaired) electrons. The molecule has 15 heteroatoms. The van der Waals surface area contributed by atoms with Crippen LogP contribution in [0.25, 0.3) is 22.5 Å². The van der Waals surface area contributed by atoms with Gasteiger partial charge in [0.2, 0.25) is 17.7 Å². The van der Waals surface area contributed by atoms with Crippen LogP contribution in [0.15, 0.2) is 48.5 Å². The Kier molecular flexibility index (Phi) is 14.3. The zero-order chi connectivity index (χ0) is 34.5. The number of rotatable bonds is 17. The Labute approximate surface area is 294 Å². The summed E-state index contributed by atoms with van der Waals surface area (Å²) >= 11 is 8.49. The van der Waals surface area contributed by atoms with Gasteiger partial charge >= 0.3 is 6.72 Å². The first-order chi connectivity index (χ1) is 23.1. The fraction of sp³-hybridized carbons (Fsp3) is 0.424. The molecule has 48 heavy (non-hydrogen) atoms. The summed E-state index contributed by atoms with van der Waals surface area (Å²) in [6.07, 6.45) is 8.50. The fourth-order valence-electron chi connectivity index (χ4n) is 5.31. The van der Waals surface area contributed by atoms with E-state index >= 15 is 0 Å². The third-order valence-corrected chi connectivity index (χ3v) is 9.93. The molecule has 1 aliphatic heterocycles. The number of terminal acetylenes is 1. The van der Waals surface area contributed by atoms with Crippen LogP contribution in [0.1, 0.15) is 57.4 Å². The summed E-state index contributed by atoms with van der Waals surface area (Å²) in [5, 5.41) is 11.5. The minimum atomic E-state index is -3.43. The predicted octanol–water partition coefficient (Wildman–Crippen LogP) is 5.20. The van der Waals surface area contributed by atoms with E-state index in [1.54, 1.807) is 8.61 Å². The first-order valence-electron chi connectivity index (χ1n) is 15.8. The van der Waals surface area contributed by atoms with E-state index in [4.69, 9.17) is 27.3 Å². The first-order valence-corrected chi connectivity index (χ1v) is 19.1. The minimum Gasteiger partial charge on any atom is -0.356 e. The Morgan fingerprint density at radius 1 is 1.04 bits per heavy atom. The number of anilines is 1. The van der Waals surface area contributed by atoms with Gasteiger partial charge in [-0.25, -0.2) is 0 Å². The molecule has 2 N–H and O–H groups in total. The normalized spacial score (nSPS) is 13.2. The van der Waals surface area contributed by atoms with Crippen molar-refractivity contribution < 1.29 is 28.3 Å². The van der Waals surface area contributed by atoms with Gasteiger partial charge in [-0.3, -0.25) is 14.4 Å². The highest BCUT2D eigenvalue weighted by molar-refractivity contribution is 9.08. The number of fused-ring (bicyclic) bond motifs is 5. The SMILES string of the molecule is C#CCN(CC)C(=O)CCOP(O)(=S)OCCCCCCNC(=O)CCC(=O)N1Cc2ccccc2-c2c(nnn2Br)-c2ccccc21. The van der Waals surface area contributed by atoms with Crippen LogP contribution in [-0.4, -0.2) is 74.4 Å². The second-order valence-electron chi connectivity index (χ2n) is 11.1. The molecule has 3 aromatic rings. The largest absolute Gasteiger partial charge is 0.356 e. The van der Waals surface area contributed by atoms with Crippen molar-refractivity contribution >= 4 is 58.1 Å². The maximum absolute atomic E-state index is 13.6. The maximum Gasteiger partial charge on any atom is 0.324 e. The number of unbranched alkanes of at least 4 members (excludes halogenated alkanes) is 3. The number of carbonyl (C=O) groups is 3. The molecule has 1 unspecified atom stereocenters. The smallest absolute Gasteiger partial charge is 0.324 e. The van der Waals surface area contributed by atoms with Gasteiger partial charge in [0.05, 0.1) is 54.6 Å². The number of hydrogen-bond acceptors (Lipinski definition) is 8. The molecule has 0 bridgehead atoms. The molecule has 0 aliphatic carbocycles. The molecule has 12 nitrogen and oxygen atoms in total. The monoisotopic (exact) mass is 758 g/mol. The number of carbonyl (C=O) groups excluding carboxylic acids is 3. The van der Waals surface area contributed by atoms with Crippen molar-refractivity contribution in [3.63, 3.8) is 0 Å². The number of nitrogens with zero attached hydrogens (tertiary/aromatic N) is 5. The Morgan fingerprint density at radius 3 is 2.52 bits per heavy atom. The Bertz CT molecular complexity index is 1680. The van der Waals surface area contributed by atoms with Gasteiger partial charge in [0, 0.05) is 37.1 Å². The molecule has 1 aliphatic rings. The Balaban J connectivity index is 1.16. The third kappa shape index (κ3) is 10.3. The van der Waals surface area contributed by atoms with Gasteiger partial charge in [-0.2, -0.15) is 3.71 Å². The zero-order valence-electron chi connectivity index (χ0n) is 26.8. The summed E-state index contributed by atoms with van der Waals surface area (Å²) in [5.41, 5.74) is 4.84. The van der Waals surface area contributed by atoms with Gasteiger partial charge in [0.15, 0.2) is 0 Å². The highest BCUT2D eigenvalue weighted by Crippen LogP contribution is 2.44. The molecule has 0 spiro atoms. The van der Waals surface area contributed by atoms with Gasteiger partial charge in [-0.15, -0.1) is 11.5 Å². The maximum atomic E-state index is 13.6. The number of hydrogen-bond donors (Lipinski definition) is 2. The van der Waals surface area contributed by atoms with E-state index in [1.165, 1.54) is 4.90 Å². The van der Waals surface area contributed by atoms with Gasteiger partial charge < -0.3 is 29.1 Å². The number of nitrogens with one attached hydrogen (secondary N) is 1. The van der Waals surface area contributed by atoms with Crippen LogP contribution in [0.5, 0.6) is 0 Å². The van der Waals surface area contributed by atoms with Crippen molar-refractivity contribution in [2.24, 2.45) is 0 Å². The van der Waals surface area contributed by atoms with E-state index < -0.39 is 6.72 Å². The summed E-state index contributed by atoms with van der Waals surface area (Å²) in [4.78, 5) is 51.7. The lowest BCUT2D eigenvalue weighted by Crippen LogP contribution is -2.33. The van der Waals surface area contributed by atoms with E-state index in [0.717, 1.165) is 41.6 Å². The van der Waals surface area contributed by atoms with Crippen LogP contribution in [0.2, 0.25) is 0 Å². The topological polar surface area (TPSA) is 139 Å². The molecular formula is C33H40BrN6O6PS. The summed E-state index contributed by atoms with van der Waals surface area (Å²) in [5.74, 6) is 1.92. The van der Waals surface area contributed by atoms with Crippen molar-refractivity contribution in [2.45, 2.75) is 58.4 Å². The van der Waals surface area contributed by atoms with Crippen molar-refractivity contribution in [3.05, 3.63) is 54.1 Å². The molecule has 0 saturated heterocycles. The van der Waals surface area contributed by atoms with Crippen molar-refractivity contribution in [2.75, 3.05) is 37.7 Å². The van der Waals surface area contributed by atoms with Gasteiger partial charge in [-0.05, 0) is 43.2 Å². The fourth-order valence-corrected chi connectivity index (χ4v) is 6.94. The van der Waals surface area contributed by atoms with Crippen LogP contribution in [0, 0.1) is 12.3 Å². The molecule has 256 valence electrons. The highest BCUT2D eigenvalue weighted by atomic mass is 79.9. The quantitative estimate of drug-likeness (QED) is 0.108. The lowest BCUT2D eigenvalue weighted by Gasteiger charge is -2.28. The predicted molar refractivity (Wildman–Crippen MR) is 191 cm³/mol. The number of aromatic nitrogens is 3. The average molecular weight is 760 g/mol. The van der Waals surface area contributed by atoms with E-state index in [0.29, 0.717) is 37.4 Å². The van der Waals surface area contributed by atoms with Crippen molar-refractivity contribution in [3.8, 4) is 34.9 Å². The summed E-state index contributed by atoms with van der Waals surface area (Å²) in [6, 6.07) is 15.4. The van der Waals surface area contributed by atoms with E-state index in [9.17, 15) is 19.3 Å². The van der Waals surface area contributed by atoms with E-state index in [2.05, 4.69) is 37.7 Å². The number of para-hydroxylation sites is 1. The van der Waals surface area contributed by atoms with Crippen molar-refractivity contribution in [1.29, 1.82) is 0 Å². The second kappa shape index (κ2) is 18.4. The molecule has 3 amide bonds. The average Bonchev–Trinajstić information content (AvgIpc) is 3.45. The highest BCUT2D eigenvalue weighted by Gasteiger charge is 2.29. The molecule has 0 fully saturated rings. The molecule has 1 atom stereocenters. The van der Waals surface area contributed by atoms with Gasteiger partial charge in [0.25, 0.3) is 0 Å². The molecular weight excluding hydrogens is 719 g/mol. The van der Waals surface area contributed by atoms with Gasteiger partial charge in [-0.1, -0.05) is 66.4 Å². The summed E-state index contributed by atoms with van der Waals surface area (Å²) in [6.45, 7) is 0.136. The van der Waals surface area contributed by atoms with Crippen LogP contribution in [0.3, 0.4) is 0 Å². The number of amides is 3. The minimum absolute atomic E-state index is 0.0413. The third-order valence-electron chi connectivity index (χ3n) is 7.78. The lowest BCUT2D eigenvalue weighted by molar-refractivity contribution is -0.131. The molecule has 2 aromatic carbocycles. The number of benzene rings is 2. The van der Waals surface area contributed by atoms with Crippen LogP contribution < -0.4 is 10.2 Å². The lowest BCUT2D eigenvalue weighted by atomic mass is 9.95. The van der Waals surface area contributed by atoms with Crippen LogP contribution >= 0.6 is 22.9 Å². The van der Waals surface area contributed by atoms with Crippen LogP contribution in [0.4, 0.5) is 5.69 Å². The zero-order valence-corrected chi connectivity index (χ0v) is 30.1. The van der Waals surface area contributed by atoms with Gasteiger partial charge in [0.1, 0.15) is 11.4 Å². The number of halogens is 1. The molecule has 0 saturated carbocycles. The molecule has 4 rings (SSSR count). The standard InChI is InChI=1S/C33H40BrN6O6PS/c1-3-21-38(4-2)30(42)19-23-46-47(44,48)45-22-12-6-5-11-20-35-29(41)17-18-31(43)39-24-25-13-7-8-14-26(25)33-32(36-37-40(33)34)27-15-9-10-16-28(27)39/h1,7-10,13-16H,4-6,11-12,17-24H2,2H3,(H,35,41)(H,44,48). The Morgan fingerprint density at radius 2 is 1.75 bits per heavy atom. The second-order valence-corrected chi connectivity index (χ2v) is 14.6. The molecule has 1 aromatic heterocycles. The van der Waals surface area contributed by atoms with E-state index in [-0.39, 0.29) is 56.7 Å². The van der Waals surface area contributed by atoms with Crippen LogP contribution in [-0.2, 0) is 41.8 Å². The summed E-state index contributed by atoms with van der Waals surface area (Å²) in [7, 11) is 0. The molecule has 2 heterocycles. The van der Waals surface area contributed by atoms with Crippen molar-refractivity contribution in [1.82, 2.24) is 24.2 Å². The first kappa shape index (κ1) is 37.4. The summed E-state index contributed by atoms with van der Waals surface area (Å²) < 4.78 is 12.2. The van der Waals surface area contributed by atoms with E-state index in [1.807, 2.05) is 55.5 Å².